The minimum atomic E-state index is -0.288. The predicted octanol–water partition coefficient (Wildman–Crippen LogP) is 5.10. The maximum Gasteiger partial charge on any atom is 0.203 e. The Morgan fingerprint density at radius 2 is 1.68 bits per heavy atom. The van der Waals surface area contributed by atoms with Crippen molar-refractivity contribution >= 4 is 12.2 Å². The van der Waals surface area contributed by atoms with Gasteiger partial charge in [0.2, 0.25) is 4.77 Å². The third kappa shape index (κ3) is 4.46. The van der Waals surface area contributed by atoms with Crippen molar-refractivity contribution in [2.45, 2.75) is 38.5 Å². The Kier molecular flexibility index (Phi) is 6.31. The molecule has 2 atom stereocenters. The second-order valence-electron chi connectivity index (χ2n) is 8.26. The highest BCUT2D eigenvalue weighted by atomic mass is 32.1. The van der Waals surface area contributed by atoms with Crippen molar-refractivity contribution in [3.8, 4) is 5.69 Å². The lowest BCUT2D eigenvalue weighted by molar-refractivity contribution is 0.188. The summed E-state index contributed by atoms with van der Waals surface area (Å²) in [4.78, 5) is 4.40. The van der Waals surface area contributed by atoms with Gasteiger partial charge in [-0.2, -0.15) is 5.10 Å². The molecule has 4 rings (SSSR count). The van der Waals surface area contributed by atoms with Gasteiger partial charge < -0.3 is 0 Å². The Labute approximate surface area is 186 Å². The Morgan fingerprint density at radius 3 is 2.29 bits per heavy atom. The largest absolute Gasteiger partial charge is 0.300 e. The van der Waals surface area contributed by atoms with Gasteiger partial charge >= 0.3 is 0 Å². The van der Waals surface area contributed by atoms with E-state index in [0.29, 0.717) is 11.4 Å². The molecule has 0 unspecified atom stereocenters. The van der Waals surface area contributed by atoms with Gasteiger partial charge in [0.05, 0.1) is 12.7 Å². The zero-order chi connectivity index (χ0) is 22.1. The summed E-state index contributed by atoms with van der Waals surface area (Å²) in [5.41, 5.74) is 1.89. The van der Waals surface area contributed by atoms with E-state index in [4.69, 9.17) is 17.3 Å². The topological polar surface area (TPSA) is 29.2 Å². The lowest BCUT2D eigenvalue weighted by atomic mass is 10.0. The Bertz CT molecular complexity index is 1090. The molecule has 1 fully saturated rings. The van der Waals surface area contributed by atoms with E-state index in [1.807, 2.05) is 35.5 Å². The number of nitrogens with zero attached hydrogens (tertiary/aromatic N) is 5. The van der Waals surface area contributed by atoms with E-state index in [-0.39, 0.29) is 23.7 Å². The van der Waals surface area contributed by atoms with Crippen LogP contribution in [0.4, 0.5) is 8.78 Å². The Hall–Kier alpha value is -2.42. The molecule has 0 amide bonds. The van der Waals surface area contributed by atoms with Gasteiger partial charge in [-0.05, 0) is 88.0 Å². The molecule has 1 saturated heterocycles. The van der Waals surface area contributed by atoms with Gasteiger partial charge in [0.15, 0.2) is 5.82 Å². The molecular weight excluding hydrogens is 416 g/mol. The molecule has 0 radical (unpaired) electrons. The molecule has 2 aromatic carbocycles. The molecule has 3 aromatic rings. The molecule has 0 N–H and O–H groups in total. The van der Waals surface area contributed by atoms with E-state index in [2.05, 4.69) is 16.7 Å². The molecule has 31 heavy (non-hydrogen) atoms. The number of benzene rings is 2. The quantitative estimate of drug-likeness (QED) is 0.496. The minimum absolute atomic E-state index is 0.0134. The molecule has 0 saturated carbocycles. The molecular formula is C23H27F2N5S. The predicted molar refractivity (Wildman–Crippen MR) is 120 cm³/mol. The second kappa shape index (κ2) is 8.98. The van der Waals surface area contributed by atoms with Crippen LogP contribution in [0.25, 0.3) is 5.69 Å². The van der Waals surface area contributed by atoms with Crippen molar-refractivity contribution in [2.24, 2.45) is 0 Å². The molecule has 1 aliphatic rings. The van der Waals surface area contributed by atoms with E-state index in [0.717, 1.165) is 36.5 Å². The number of rotatable bonds is 6. The smallest absolute Gasteiger partial charge is 0.203 e. The van der Waals surface area contributed by atoms with Crippen molar-refractivity contribution in [1.29, 1.82) is 0 Å². The lowest BCUT2D eigenvalue weighted by Gasteiger charge is -2.24. The van der Waals surface area contributed by atoms with Gasteiger partial charge in [-0.1, -0.05) is 12.1 Å². The molecule has 1 aromatic heterocycles. The van der Waals surface area contributed by atoms with Gasteiger partial charge in [0.1, 0.15) is 11.6 Å². The van der Waals surface area contributed by atoms with Gasteiger partial charge in [0.25, 0.3) is 0 Å². The fourth-order valence-corrected chi connectivity index (χ4v) is 4.38. The fraction of sp³-hybridized carbons (Fsp3) is 0.391. The number of aromatic nitrogens is 3. The number of hydrogen-bond acceptors (Lipinski definition) is 4. The number of halogens is 2. The van der Waals surface area contributed by atoms with Crippen molar-refractivity contribution in [3.05, 3.63) is 76.3 Å². The fourth-order valence-electron chi connectivity index (χ4n) is 4.08. The SMILES string of the molecule is C[C@@H](c1nn(CN2CCC[C@@H]2c2ccc(F)cc2)c(=S)n1-c1ccc(F)cc1)N(C)C. The normalized spacial score (nSPS) is 18.1. The van der Waals surface area contributed by atoms with Crippen LogP contribution < -0.4 is 0 Å². The average Bonchev–Trinajstić information content (AvgIpc) is 3.34. The zero-order valence-corrected chi connectivity index (χ0v) is 18.8. The van der Waals surface area contributed by atoms with Crippen LogP contribution in [0.1, 0.15) is 43.2 Å². The molecule has 0 bridgehead atoms. The van der Waals surface area contributed by atoms with Crippen LogP contribution >= 0.6 is 12.2 Å². The summed E-state index contributed by atoms with van der Waals surface area (Å²) in [6.07, 6.45) is 2.08. The van der Waals surface area contributed by atoms with E-state index in [1.54, 1.807) is 12.1 Å². The molecule has 1 aliphatic heterocycles. The molecule has 0 spiro atoms. The van der Waals surface area contributed by atoms with Crippen LogP contribution in [0.15, 0.2) is 48.5 Å². The summed E-state index contributed by atoms with van der Waals surface area (Å²) in [6.45, 7) is 3.53. The van der Waals surface area contributed by atoms with Crippen LogP contribution in [0.3, 0.4) is 0 Å². The zero-order valence-electron chi connectivity index (χ0n) is 18.0. The first-order valence-electron chi connectivity index (χ1n) is 10.5. The van der Waals surface area contributed by atoms with E-state index >= 15 is 0 Å². The third-order valence-electron chi connectivity index (χ3n) is 6.03. The van der Waals surface area contributed by atoms with Crippen LogP contribution in [0.5, 0.6) is 0 Å². The molecule has 8 heteroatoms. The highest BCUT2D eigenvalue weighted by Gasteiger charge is 2.28. The number of likely N-dealkylation sites (tertiary alicyclic amines) is 1. The highest BCUT2D eigenvalue weighted by Crippen LogP contribution is 2.32. The second-order valence-corrected chi connectivity index (χ2v) is 8.62. The first kappa shape index (κ1) is 21.8. The number of hydrogen-bond donors (Lipinski definition) is 0. The van der Waals surface area contributed by atoms with Crippen molar-refractivity contribution in [1.82, 2.24) is 24.1 Å². The summed E-state index contributed by atoms with van der Waals surface area (Å²) in [5.74, 6) is 0.291. The summed E-state index contributed by atoms with van der Waals surface area (Å²) in [6, 6.07) is 13.3. The molecule has 2 heterocycles. The Balaban J connectivity index is 1.70. The summed E-state index contributed by atoms with van der Waals surface area (Å²) >= 11 is 5.82. The van der Waals surface area contributed by atoms with Crippen molar-refractivity contribution in [2.75, 3.05) is 20.6 Å². The van der Waals surface area contributed by atoms with E-state index < -0.39 is 0 Å². The van der Waals surface area contributed by atoms with E-state index in [9.17, 15) is 8.78 Å². The maximum absolute atomic E-state index is 13.5. The molecule has 0 aliphatic carbocycles. The maximum atomic E-state index is 13.5. The summed E-state index contributed by atoms with van der Waals surface area (Å²) in [5, 5.41) is 4.87. The first-order valence-corrected chi connectivity index (χ1v) is 10.9. The summed E-state index contributed by atoms with van der Waals surface area (Å²) in [7, 11) is 3.99. The standard InChI is InChI=1S/C23H27F2N5S/c1-16(27(2)3)22-26-29(23(31)30(22)20-12-10-19(25)11-13-20)15-28-14-4-5-21(28)17-6-8-18(24)9-7-17/h6-13,16,21H,4-5,14-15H2,1-3H3/t16-,21+/m0/s1. The van der Waals surface area contributed by atoms with Crippen LogP contribution in [0, 0.1) is 16.4 Å². The van der Waals surface area contributed by atoms with Crippen LogP contribution in [-0.4, -0.2) is 44.8 Å². The van der Waals surface area contributed by atoms with Gasteiger partial charge in [-0.25, -0.2) is 13.5 Å². The molecule has 164 valence electrons. The van der Waals surface area contributed by atoms with Gasteiger partial charge in [-0.3, -0.25) is 14.4 Å². The summed E-state index contributed by atoms with van der Waals surface area (Å²) < 4.78 is 31.2. The van der Waals surface area contributed by atoms with Crippen LogP contribution in [-0.2, 0) is 6.67 Å². The van der Waals surface area contributed by atoms with Crippen LogP contribution in [0.2, 0.25) is 0 Å². The third-order valence-corrected chi connectivity index (χ3v) is 6.42. The lowest BCUT2D eigenvalue weighted by Crippen LogP contribution is -2.27. The van der Waals surface area contributed by atoms with Crippen molar-refractivity contribution < 1.29 is 8.78 Å². The van der Waals surface area contributed by atoms with Crippen molar-refractivity contribution in [3.63, 3.8) is 0 Å². The van der Waals surface area contributed by atoms with Gasteiger partial charge in [-0.15, -0.1) is 0 Å². The van der Waals surface area contributed by atoms with E-state index in [1.165, 1.54) is 24.3 Å². The highest BCUT2D eigenvalue weighted by molar-refractivity contribution is 7.71. The first-order chi connectivity index (χ1) is 14.8. The Morgan fingerprint density at radius 1 is 1.06 bits per heavy atom. The minimum Gasteiger partial charge on any atom is -0.300 e. The van der Waals surface area contributed by atoms with Gasteiger partial charge in [0, 0.05) is 18.3 Å². The molecule has 5 nitrogen and oxygen atoms in total. The monoisotopic (exact) mass is 443 g/mol. The average molecular weight is 444 g/mol.